The van der Waals surface area contributed by atoms with Gasteiger partial charge in [0.15, 0.2) is 0 Å². The maximum atomic E-state index is 11.4. The van der Waals surface area contributed by atoms with Gasteiger partial charge in [0.2, 0.25) is 0 Å². The highest BCUT2D eigenvalue weighted by Crippen LogP contribution is 2.11. The van der Waals surface area contributed by atoms with Crippen LogP contribution in [0.1, 0.15) is 47.5 Å². The van der Waals surface area contributed by atoms with Crippen molar-refractivity contribution in [1.82, 2.24) is 0 Å². The summed E-state index contributed by atoms with van der Waals surface area (Å²) in [4.78, 5) is 11.4. The fourth-order valence-corrected chi connectivity index (χ4v) is 1.02. The minimum atomic E-state index is -0.408. The van der Waals surface area contributed by atoms with Crippen molar-refractivity contribution in [3.05, 3.63) is 0 Å². The van der Waals surface area contributed by atoms with Crippen LogP contribution in [0.2, 0.25) is 0 Å². The molecular formula is C12H25NO3. The number of carbonyl (C=O) groups excluding carboxylic acids is 1. The number of carbonyl (C=O) groups is 1. The van der Waals surface area contributed by atoms with Crippen LogP contribution < -0.4 is 5.73 Å². The van der Waals surface area contributed by atoms with Gasteiger partial charge in [0, 0.05) is 19.6 Å². The molecular weight excluding hydrogens is 206 g/mol. The Bertz CT molecular complexity index is 219. The zero-order chi connectivity index (χ0) is 12.8. The summed E-state index contributed by atoms with van der Waals surface area (Å²) in [6.07, 6.45) is 1.05. The third-order valence-electron chi connectivity index (χ3n) is 1.93. The fraction of sp³-hybridized carbons (Fsp3) is 0.917. The molecule has 0 bridgehead atoms. The Balaban J connectivity index is 3.64. The third-order valence-corrected chi connectivity index (χ3v) is 1.93. The molecule has 96 valence electrons. The quantitative estimate of drug-likeness (QED) is 0.560. The number of ether oxygens (including phenoxy) is 2. The van der Waals surface area contributed by atoms with Crippen molar-refractivity contribution in [1.29, 1.82) is 0 Å². The highest BCUT2D eigenvalue weighted by atomic mass is 16.6. The second-order valence-electron chi connectivity index (χ2n) is 5.50. The van der Waals surface area contributed by atoms with Gasteiger partial charge >= 0.3 is 5.97 Å². The van der Waals surface area contributed by atoms with Gasteiger partial charge in [0.1, 0.15) is 5.60 Å². The lowest BCUT2D eigenvalue weighted by Crippen LogP contribution is -2.34. The first kappa shape index (κ1) is 15.4. The molecule has 4 heteroatoms. The Morgan fingerprint density at radius 3 is 2.19 bits per heavy atom. The predicted molar refractivity (Wildman–Crippen MR) is 64.2 cm³/mol. The number of rotatable bonds is 6. The minimum absolute atomic E-state index is 0.179. The molecule has 0 rings (SSSR count). The number of esters is 1. The molecule has 0 heterocycles. The largest absolute Gasteiger partial charge is 0.460 e. The van der Waals surface area contributed by atoms with Gasteiger partial charge in [-0.25, -0.2) is 0 Å². The first-order valence-electron chi connectivity index (χ1n) is 5.72. The van der Waals surface area contributed by atoms with E-state index in [4.69, 9.17) is 15.2 Å². The molecule has 0 aromatic rings. The molecule has 0 atom stereocenters. The van der Waals surface area contributed by atoms with E-state index >= 15 is 0 Å². The van der Waals surface area contributed by atoms with E-state index in [1.54, 1.807) is 0 Å². The van der Waals surface area contributed by atoms with E-state index in [0.29, 0.717) is 26.0 Å². The van der Waals surface area contributed by atoms with Crippen LogP contribution in [0.5, 0.6) is 0 Å². The summed E-state index contributed by atoms with van der Waals surface area (Å²) in [6.45, 7) is 10.4. The highest BCUT2D eigenvalue weighted by Gasteiger charge is 2.17. The van der Waals surface area contributed by atoms with Crippen molar-refractivity contribution in [3.8, 4) is 0 Å². The van der Waals surface area contributed by atoms with E-state index in [1.807, 2.05) is 34.6 Å². The average molecular weight is 231 g/mol. The Labute approximate surface area is 98.5 Å². The normalized spacial score (nSPS) is 12.6. The molecule has 0 radical (unpaired) electrons. The molecule has 0 aliphatic carbocycles. The molecule has 16 heavy (non-hydrogen) atoms. The zero-order valence-corrected chi connectivity index (χ0v) is 11.1. The number of nitrogens with two attached hydrogens (primary N) is 1. The minimum Gasteiger partial charge on any atom is -0.460 e. The van der Waals surface area contributed by atoms with Gasteiger partial charge in [-0.2, -0.15) is 0 Å². The zero-order valence-electron chi connectivity index (χ0n) is 11.1. The lowest BCUT2D eigenvalue weighted by atomic mass is 10.1. The summed E-state index contributed by atoms with van der Waals surface area (Å²) < 4.78 is 10.7. The molecule has 0 saturated heterocycles. The van der Waals surface area contributed by atoms with E-state index in [1.165, 1.54) is 0 Å². The Morgan fingerprint density at radius 1 is 1.19 bits per heavy atom. The van der Waals surface area contributed by atoms with Crippen LogP contribution in [0, 0.1) is 0 Å². The summed E-state index contributed by atoms with van der Waals surface area (Å²) in [5, 5.41) is 0. The Kier molecular flexibility index (Phi) is 5.97. The molecule has 0 spiro atoms. The second-order valence-corrected chi connectivity index (χ2v) is 5.50. The molecule has 0 unspecified atom stereocenters. The number of hydrogen-bond donors (Lipinski definition) is 1. The van der Waals surface area contributed by atoms with Crippen LogP contribution >= 0.6 is 0 Å². The maximum absolute atomic E-state index is 11.4. The van der Waals surface area contributed by atoms with Gasteiger partial charge in [-0.15, -0.1) is 0 Å². The van der Waals surface area contributed by atoms with E-state index in [2.05, 4.69) is 0 Å². The second kappa shape index (κ2) is 6.21. The van der Waals surface area contributed by atoms with E-state index in [0.717, 1.165) is 0 Å². The van der Waals surface area contributed by atoms with Crippen molar-refractivity contribution in [2.45, 2.75) is 58.7 Å². The Morgan fingerprint density at radius 2 is 1.75 bits per heavy atom. The monoisotopic (exact) mass is 231 g/mol. The van der Waals surface area contributed by atoms with Crippen molar-refractivity contribution in [2.75, 3.05) is 13.2 Å². The smallest absolute Gasteiger partial charge is 0.306 e. The van der Waals surface area contributed by atoms with E-state index < -0.39 is 5.60 Å². The number of hydrogen-bond acceptors (Lipinski definition) is 4. The SMILES string of the molecule is CC(C)(C)OC(=O)CCCOC(C)(C)CN. The van der Waals surface area contributed by atoms with Gasteiger partial charge in [-0.1, -0.05) is 0 Å². The van der Waals surface area contributed by atoms with Gasteiger partial charge < -0.3 is 15.2 Å². The summed E-state index contributed by atoms with van der Waals surface area (Å²) >= 11 is 0. The van der Waals surface area contributed by atoms with Crippen molar-refractivity contribution in [3.63, 3.8) is 0 Å². The standard InChI is InChI=1S/C12H25NO3/c1-11(2,3)16-10(14)7-6-8-15-12(4,5)9-13/h6-9,13H2,1-5H3. The first-order valence-corrected chi connectivity index (χ1v) is 5.72. The van der Waals surface area contributed by atoms with Crippen LogP contribution in [0.4, 0.5) is 0 Å². The summed E-state index contributed by atoms with van der Waals surface area (Å²) in [5.74, 6) is -0.179. The topological polar surface area (TPSA) is 61.5 Å². The molecule has 0 fully saturated rings. The summed E-state index contributed by atoms with van der Waals surface area (Å²) in [5.41, 5.74) is 4.80. The average Bonchev–Trinajstić information content (AvgIpc) is 2.10. The fourth-order valence-electron chi connectivity index (χ4n) is 1.02. The van der Waals surface area contributed by atoms with Crippen LogP contribution in [-0.2, 0) is 14.3 Å². The molecule has 0 aromatic carbocycles. The molecule has 0 aromatic heterocycles. The molecule has 4 nitrogen and oxygen atoms in total. The van der Waals surface area contributed by atoms with Crippen molar-refractivity contribution >= 4 is 5.97 Å². The highest BCUT2D eigenvalue weighted by molar-refractivity contribution is 5.69. The van der Waals surface area contributed by atoms with Gasteiger partial charge in [-0.05, 0) is 41.0 Å². The van der Waals surface area contributed by atoms with Gasteiger partial charge in [0.25, 0.3) is 0 Å². The van der Waals surface area contributed by atoms with Crippen LogP contribution in [0.25, 0.3) is 0 Å². The first-order chi connectivity index (χ1) is 7.16. The maximum Gasteiger partial charge on any atom is 0.306 e. The molecule has 0 saturated carbocycles. The third kappa shape index (κ3) is 8.68. The van der Waals surface area contributed by atoms with Crippen LogP contribution in [0.3, 0.4) is 0 Å². The molecule has 0 aliphatic rings. The lowest BCUT2D eigenvalue weighted by Gasteiger charge is -2.23. The molecule has 2 N–H and O–H groups in total. The van der Waals surface area contributed by atoms with Crippen molar-refractivity contribution in [2.24, 2.45) is 5.73 Å². The Hall–Kier alpha value is -0.610. The molecule has 0 aliphatic heterocycles. The van der Waals surface area contributed by atoms with Gasteiger partial charge in [0.05, 0.1) is 5.60 Å². The summed E-state index contributed by atoms with van der Waals surface area (Å²) in [6, 6.07) is 0. The van der Waals surface area contributed by atoms with Crippen molar-refractivity contribution < 1.29 is 14.3 Å². The lowest BCUT2D eigenvalue weighted by molar-refractivity contribution is -0.155. The van der Waals surface area contributed by atoms with E-state index in [-0.39, 0.29) is 11.6 Å². The molecule has 0 amide bonds. The van der Waals surface area contributed by atoms with Crippen LogP contribution in [0.15, 0.2) is 0 Å². The van der Waals surface area contributed by atoms with Crippen LogP contribution in [-0.4, -0.2) is 30.3 Å². The van der Waals surface area contributed by atoms with Gasteiger partial charge in [-0.3, -0.25) is 4.79 Å². The van der Waals surface area contributed by atoms with E-state index in [9.17, 15) is 4.79 Å². The predicted octanol–water partition coefficient (Wildman–Crippen LogP) is 1.86. The summed E-state index contributed by atoms with van der Waals surface area (Å²) in [7, 11) is 0.